The second-order valence-corrected chi connectivity index (χ2v) is 7.46. The summed E-state index contributed by atoms with van der Waals surface area (Å²) in [5.74, 6) is 0. The quantitative estimate of drug-likeness (QED) is 0.561. The zero-order chi connectivity index (χ0) is 18.2. The number of rotatable bonds is 3. The van der Waals surface area contributed by atoms with Crippen molar-refractivity contribution < 1.29 is 0 Å². The fourth-order valence-corrected chi connectivity index (χ4v) is 4.36. The van der Waals surface area contributed by atoms with Crippen molar-refractivity contribution in [2.75, 3.05) is 6.54 Å². The second kappa shape index (κ2) is 6.67. The lowest BCUT2D eigenvalue weighted by Gasteiger charge is -2.36. The number of aromatic amines is 1. The van der Waals surface area contributed by atoms with Crippen molar-refractivity contribution in [3.63, 3.8) is 0 Å². The van der Waals surface area contributed by atoms with Gasteiger partial charge in [0.2, 0.25) is 0 Å². The molecular weight excluding hydrogens is 330 g/mol. The lowest BCUT2D eigenvalue weighted by molar-refractivity contribution is 0.202. The van der Waals surface area contributed by atoms with Gasteiger partial charge in [-0.05, 0) is 54.3 Å². The number of fused-ring (bicyclic) bond motifs is 3. The van der Waals surface area contributed by atoms with Crippen LogP contribution in [0.2, 0.25) is 0 Å². The maximum absolute atomic E-state index is 4.23. The zero-order valence-corrected chi connectivity index (χ0v) is 15.5. The summed E-state index contributed by atoms with van der Waals surface area (Å²) in [5.41, 5.74) is 8.02. The van der Waals surface area contributed by atoms with Gasteiger partial charge in [-0.25, -0.2) is 0 Å². The van der Waals surface area contributed by atoms with E-state index in [1.807, 2.05) is 12.4 Å². The number of nitrogens with one attached hydrogen (secondary N) is 1. The normalized spacial score (nSPS) is 17.1. The van der Waals surface area contributed by atoms with E-state index in [2.05, 4.69) is 82.5 Å². The van der Waals surface area contributed by atoms with Crippen molar-refractivity contribution in [1.82, 2.24) is 14.9 Å². The monoisotopic (exact) mass is 353 g/mol. The molecule has 3 nitrogen and oxygen atoms in total. The number of pyridine rings is 1. The molecular formula is C24H23N3. The number of H-pyrrole nitrogens is 1. The number of hydrogen-bond donors (Lipinski definition) is 1. The summed E-state index contributed by atoms with van der Waals surface area (Å²) in [5, 5.41) is 1.38. The minimum Gasteiger partial charge on any atom is -0.357 e. The van der Waals surface area contributed by atoms with Crippen molar-refractivity contribution in [2.45, 2.75) is 25.9 Å². The molecule has 0 aliphatic carbocycles. The Kier molecular flexibility index (Phi) is 4.02. The predicted octanol–water partition coefficient (Wildman–Crippen LogP) is 5.02. The number of aryl methyl sites for hydroxylation is 1. The van der Waals surface area contributed by atoms with Crippen molar-refractivity contribution >= 4 is 10.9 Å². The molecule has 0 spiro atoms. The average Bonchev–Trinajstić information content (AvgIpc) is 3.07. The highest BCUT2D eigenvalue weighted by Gasteiger charge is 2.31. The second-order valence-electron chi connectivity index (χ2n) is 7.46. The van der Waals surface area contributed by atoms with Crippen LogP contribution in [0.4, 0.5) is 0 Å². The third kappa shape index (κ3) is 2.94. The SMILES string of the molecule is Cc1ccc2[nH]c3c(c2c1)CCN(Cc1ccccc1)C3c1ccncc1. The van der Waals surface area contributed by atoms with Crippen LogP contribution in [-0.2, 0) is 13.0 Å². The summed E-state index contributed by atoms with van der Waals surface area (Å²) in [6, 6.07) is 22.0. The van der Waals surface area contributed by atoms with Crippen LogP contribution < -0.4 is 0 Å². The van der Waals surface area contributed by atoms with Crippen LogP contribution in [0, 0.1) is 6.92 Å². The number of hydrogen-bond acceptors (Lipinski definition) is 2. The van der Waals surface area contributed by atoms with Crippen LogP contribution in [0.3, 0.4) is 0 Å². The summed E-state index contributed by atoms with van der Waals surface area (Å²) in [4.78, 5) is 10.6. The van der Waals surface area contributed by atoms with E-state index in [-0.39, 0.29) is 6.04 Å². The van der Waals surface area contributed by atoms with Gasteiger partial charge in [-0.3, -0.25) is 9.88 Å². The van der Waals surface area contributed by atoms with E-state index in [1.54, 1.807) is 0 Å². The lowest BCUT2D eigenvalue weighted by atomic mass is 9.92. The van der Waals surface area contributed by atoms with Gasteiger partial charge in [0.05, 0.1) is 6.04 Å². The van der Waals surface area contributed by atoms with Crippen LogP contribution in [0.5, 0.6) is 0 Å². The largest absolute Gasteiger partial charge is 0.357 e. The molecule has 1 unspecified atom stereocenters. The smallest absolute Gasteiger partial charge is 0.0761 e. The Balaban J connectivity index is 1.63. The highest BCUT2D eigenvalue weighted by Crippen LogP contribution is 2.39. The Morgan fingerprint density at radius 1 is 1.04 bits per heavy atom. The summed E-state index contributed by atoms with van der Waals surface area (Å²) in [6.45, 7) is 4.17. The first-order chi connectivity index (χ1) is 13.3. The van der Waals surface area contributed by atoms with Gasteiger partial charge in [0, 0.05) is 42.1 Å². The van der Waals surface area contributed by atoms with E-state index in [1.165, 1.54) is 38.9 Å². The Hall–Kier alpha value is -2.91. The Morgan fingerprint density at radius 2 is 1.85 bits per heavy atom. The van der Waals surface area contributed by atoms with Crippen LogP contribution in [0.15, 0.2) is 73.1 Å². The fraction of sp³-hybridized carbons (Fsp3) is 0.208. The molecule has 3 heterocycles. The van der Waals surface area contributed by atoms with Gasteiger partial charge in [0.15, 0.2) is 0 Å². The van der Waals surface area contributed by atoms with Gasteiger partial charge >= 0.3 is 0 Å². The molecule has 2 aromatic heterocycles. The molecule has 0 fully saturated rings. The molecule has 2 aromatic carbocycles. The third-order valence-corrected chi connectivity index (χ3v) is 5.63. The fourth-order valence-electron chi connectivity index (χ4n) is 4.36. The first-order valence-corrected chi connectivity index (χ1v) is 9.58. The van der Waals surface area contributed by atoms with Crippen molar-refractivity contribution in [3.8, 4) is 0 Å². The van der Waals surface area contributed by atoms with E-state index < -0.39 is 0 Å². The summed E-state index contributed by atoms with van der Waals surface area (Å²) < 4.78 is 0. The number of nitrogens with zero attached hydrogens (tertiary/aromatic N) is 2. The molecule has 134 valence electrons. The van der Waals surface area contributed by atoms with E-state index in [0.29, 0.717) is 0 Å². The average molecular weight is 353 g/mol. The summed E-state index contributed by atoms with van der Waals surface area (Å²) in [6.07, 6.45) is 4.88. The first-order valence-electron chi connectivity index (χ1n) is 9.58. The minimum atomic E-state index is 0.227. The van der Waals surface area contributed by atoms with Crippen molar-refractivity contribution in [1.29, 1.82) is 0 Å². The van der Waals surface area contributed by atoms with Gasteiger partial charge in [0.1, 0.15) is 0 Å². The van der Waals surface area contributed by atoms with Crippen molar-refractivity contribution in [2.24, 2.45) is 0 Å². The molecule has 0 bridgehead atoms. The molecule has 5 rings (SSSR count). The standard InChI is InChI=1S/C24H23N3/c1-17-7-8-22-21(15-17)20-11-14-27(16-18-5-3-2-4-6-18)24(23(20)26-22)19-9-12-25-13-10-19/h2-10,12-13,15,24,26H,11,14,16H2,1H3. The molecule has 0 radical (unpaired) electrons. The molecule has 4 aromatic rings. The van der Waals surface area contributed by atoms with Crippen LogP contribution >= 0.6 is 0 Å². The van der Waals surface area contributed by atoms with E-state index >= 15 is 0 Å². The van der Waals surface area contributed by atoms with Crippen LogP contribution in [0.25, 0.3) is 10.9 Å². The maximum atomic E-state index is 4.23. The van der Waals surface area contributed by atoms with Crippen LogP contribution in [0.1, 0.15) is 34.0 Å². The summed E-state index contributed by atoms with van der Waals surface area (Å²) >= 11 is 0. The number of benzene rings is 2. The van der Waals surface area contributed by atoms with E-state index in [9.17, 15) is 0 Å². The first kappa shape index (κ1) is 16.3. The molecule has 0 saturated heterocycles. The van der Waals surface area contributed by atoms with Gasteiger partial charge in [-0.15, -0.1) is 0 Å². The molecule has 1 atom stereocenters. The Bertz CT molecular complexity index is 1070. The number of aromatic nitrogens is 2. The zero-order valence-electron chi connectivity index (χ0n) is 15.5. The summed E-state index contributed by atoms with van der Waals surface area (Å²) in [7, 11) is 0. The molecule has 0 amide bonds. The predicted molar refractivity (Wildman–Crippen MR) is 110 cm³/mol. The van der Waals surface area contributed by atoms with Crippen LogP contribution in [-0.4, -0.2) is 21.4 Å². The van der Waals surface area contributed by atoms with Crippen molar-refractivity contribution in [3.05, 3.63) is 101 Å². The molecule has 1 N–H and O–H groups in total. The van der Waals surface area contributed by atoms with Gasteiger partial charge < -0.3 is 4.98 Å². The maximum Gasteiger partial charge on any atom is 0.0761 e. The molecule has 1 aliphatic heterocycles. The van der Waals surface area contributed by atoms with Gasteiger partial charge in [0.25, 0.3) is 0 Å². The van der Waals surface area contributed by atoms with E-state index in [4.69, 9.17) is 0 Å². The Labute approximate surface area is 159 Å². The lowest BCUT2D eigenvalue weighted by Crippen LogP contribution is -2.35. The highest BCUT2D eigenvalue weighted by atomic mass is 15.2. The third-order valence-electron chi connectivity index (χ3n) is 5.63. The molecule has 0 saturated carbocycles. The topological polar surface area (TPSA) is 31.9 Å². The Morgan fingerprint density at radius 3 is 2.67 bits per heavy atom. The highest BCUT2D eigenvalue weighted by molar-refractivity contribution is 5.86. The van der Waals surface area contributed by atoms with Gasteiger partial charge in [-0.2, -0.15) is 0 Å². The van der Waals surface area contributed by atoms with Gasteiger partial charge in [-0.1, -0.05) is 42.0 Å². The van der Waals surface area contributed by atoms with E-state index in [0.717, 1.165) is 19.5 Å². The minimum absolute atomic E-state index is 0.227. The molecule has 27 heavy (non-hydrogen) atoms. The molecule has 3 heteroatoms. The molecule has 1 aliphatic rings.